The summed E-state index contributed by atoms with van der Waals surface area (Å²) < 4.78 is 0. The lowest BCUT2D eigenvalue weighted by atomic mass is 10.2. The van der Waals surface area contributed by atoms with Crippen LogP contribution in [0.25, 0.3) is 0 Å². The Hall–Kier alpha value is -1.35. The minimum absolute atomic E-state index is 0.153. The van der Waals surface area contributed by atoms with Gasteiger partial charge in [-0.1, -0.05) is 17.7 Å². The highest BCUT2D eigenvalue weighted by atomic mass is 16.2. The molecule has 1 fully saturated rings. The fraction of sp³-hybridized carbons (Fsp3) is 0.364. The lowest BCUT2D eigenvalue weighted by molar-refractivity contribution is -0.118. The Morgan fingerprint density at radius 1 is 1.29 bits per heavy atom. The number of benzene rings is 1. The van der Waals surface area contributed by atoms with Crippen LogP contribution in [0.1, 0.15) is 5.56 Å². The van der Waals surface area contributed by atoms with Gasteiger partial charge in [-0.15, -0.1) is 0 Å². The van der Waals surface area contributed by atoms with E-state index < -0.39 is 0 Å². The standard InChI is InChI=1S/C11H14N2O/c1-9-2-4-10(5-3-9)13-7-6-12-8-11(13)14/h2-5,12H,6-8H2,1H3. The van der Waals surface area contributed by atoms with Crippen LogP contribution in [0.2, 0.25) is 0 Å². The Kier molecular flexibility index (Phi) is 2.50. The molecule has 1 aliphatic heterocycles. The van der Waals surface area contributed by atoms with Crippen molar-refractivity contribution in [2.75, 3.05) is 24.5 Å². The number of carbonyl (C=O) groups excluding carboxylic acids is 1. The number of rotatable bonds is 1. The molecule has 0 atom stereocenters. The Morgan fingerprint density at radius 3 is 2.64 bits per heavy atom. The van der Waals surface area contributed by atoms with Crippen LogP contribution in [0.4, 0.5) is 5.69 Å². The number of carbonyl (C=O) groups is 1. The maximum absolute atomic E-state index is 11.5. The Balaban J connectivity index is 2.20. The summed E-state index contributed by atoms with van der Waals surface area (Å²) in [5.41, 5.74) is 2.22. The van der Waals surface area contributed by atoms with E-state index in [0.29, 0.717) is 6.54 Å². The summed E-state index contributed by atoms with van der Waals surface area (Å²) >= 11 is 0. The predicted molar refractivity (Wildman–Crippen MR) is 56.4 cm³/mol. The van der Waals surface area contributed by atoms with Crippen LogP contribution in [0, 0.1) is 6.92 Å². The van der Waals surface area contributed by atoms with Crippen molar-refractivity contribution in [1.82, 2.24) is 5.32 Å². The topological polar surface area (TPSA) is 32.3 Å². The quantitative estimate of drug-likeness (QED) is 0.714. The molecule has 1 aliphatic rings. The molecule has 1 amide bonds. The van der Waals surface area contributed by atoms with Gasteiger partial charge in [-0.2, -0.15) is 0 Å². The molecular weight excluding hydrogens is 176 g/mol. The molecule has 1 aromatic rings. The first-order valence-corrected chi connectivity index (χ1v) is 4.85. The largest absolute Gasteiger partial charge is 0.310 e. The van der Waals surface area contributed by atoms with Gasteiger partial charge in [0.05, 0.1) is 6.54 Å². The molecule has 0 saturated carbocycles. The number of nitrogens with one attached hydrogen (secondary N) is 1. The van der Waals surface area contributed by atoms with Crippen molar-refractivity contribution in [3.63, 3.8) is 0 Å². The van der Waals surface area contributed by atoms with Crippen LogP contribution in [0.5, 0.6) is 0 Å². The van der Waals surface area contributed by atoms with Crippen molar-refractivity contribution < 1.29 is 4.79 Å². The summed E-state index contributed by atoms with van der Waals surface area (Å²) in [7, 11) is 0. The molecule has 1 N–H and O–H groups in total. The molecule has 3 heteroatoms. The zero-order chi connectivity index (χ0) is 9.97. The Labute approximate surface area is 83.7 Å². The number of amides is 1. The van der Waals surface area contributed by atoms with Gasteiger partial charge in [-0.3, -0.25) is 4.79 Å². The van der Waals surface area contributed by atoms with Gasteiger partial charge in [0.2, 0.25) is 5.91 Å². The zero-order valence-electron chi connectivity index (χ0n) is 8.29. The van der Waals surface area contributed by atoms with E-state index in [1.54, 1.807) is 0 Å². The van der Waals surface area contributed by atoms with Gasteiger partial charge in [0, 0.05) is 18.8 Å². The summed E-state index contributed by atoms with van der Waals surface area (Å²) in [6, 6.07) is 8.06. The molecule has 1 aromatic carbocycles. The Bertz CT molecular complexity index is 332. The summed E-state index contributed by atoms with van der Waals surface area (Å²) in [6.07, 6.45) is 0. The van der Waals surface area contributed by atoms with Gasteiger partial charge in [0.25, 0.3) is 0 Å². The highest BCUT2D eigenvalue weighted by Gasteiger charge is 2.18. The average molecular weight is 190 g/mol. The monoisotopic (exact) mass is 190 g/mol. The van der Waals surface area contributed by atoms with Crippen molar-refractivity contribution in [2.24, 2.45) is 0 Å². The number of nitrogens with zero attached hydrogens (tertiary/aromatic N) is 1. The molecule has 1 heterocycles. The third-order valence-corrected chi connectivity index (χ3v) is 2.44. The second kappa shape index (κ2) is 3.80. The lowest BCUT2D eigenvalue weighted by Crippen LogP contribution is -2.48. The van der Waals surface area contributed by atoms with Crippen molar-refractivity contribution in [2.45, 2.75) is 6.92 Å². The highest BCUT2D eigenvalue weighted by molar-refractivity contribution is 5.95. The maximum atomic E-state index is 11.5. The van der Waals surface area contributed by atoms with Crippen LogP contribution in [-0.4, -0.2) is 25.5 Å². The summed E-state index contributed by atoms with van der Waals surface area (Å²) in [5.74, 6) is 0.153. The first-order valence-electron chi connectivity index (χ1n) is 4.85. The van der Waals surface area contributed by atoms with Crippen LogP contribution in [0.3, 0.4) is 0 Å². The molecule has 2 rings (SSSR count). The van der Waals surface area contributed by atoms with Crippen molar-refractivity contribution in [3.8, 4) is 0 Å². The van der Waals surface area contributed by atoms with Gasteiger partial charge >= 0.3 is 0 Å². The molecule has 0 radical (unpaired) electrons. The summed E-state index contributed by atoms with van der Waals surface area (Å²) in [6.45, 7) is 4.14. The molecule has 0 aliphatic carbocycles. The molecule has 3 nitrogen and oxygen atoms in total. The first-order chi connectivity index (χ1) is 6.77. The number of aryl methyl sites for hydroxylation is 1. The van der Waals surface area contributed by atoms with Crippen molar-refractivity contribution >= 4 is 11.6 Å². The zero-order valence-corrected chi connectivity index (χ0v) is 8.29. The first kappa shape index (κ1) is 9.21. The second-order valence-electron chi connectivity index (χ2n) is 3.56. The van der Waals surface area contributed by atoms with E-state index in [2.05, 4.69) is 5.32 Å². The van der Waals surface area contributed by atoms with Crippen LogP contribution in [0.15, 0.2) is 24.3 Å². The molecule has 14 heavy (non-hydrogen) atoms. The fourth-order valence-electron chi connectivity index (χ4n) is 1.60. The van der Waals surface area contributed by atoms with E-state index in [0.717, 1.165) is 18.8 Å². The summed E-state index contributed by atoms with van der Waals surface area (Å²) in [4.78, 5) is 13.4. The minimum atomic E-state index is 0.153. The molecule has 0 unspecified atom stereocenters. The van der Waals surface area contributed by atoms with Crippen molar-refractivity contribution in [3.05, 3.63) is 29.8 Å². The smallest absolute Gasteiger partial charge is 0.240 e. The van der Waals surface area contributed by atoms with E-state index in [1.165, 1.54) is 5.56 Å². The lowest BCUT2D eigenvalue weighted by Gasteiger charge is -2.27. The van der Waals surface area contributed by atoms with Crippen molar-refractivity contribution in [1.29, 1.82) is 0 Å². The molecule has 0 aromatic heterocycles. The molecule has 74 valence electrons. The van der Waals surface area contributed by atoms with Gasteiger partial charge in [-0.25, -0.2) is 0 Å². The number of hydrogen-bond acceptors (Lipinski definition) is 2. The van der Waals surface area contributed by atoms with Gasteiger partial charge in [0.15, 0.2) is 0 Å². The number of hydrogen-bond donors (Lipinski definition) is 1. The van der Waals surface area contributed by atoms with Crippen LogP contribution in [-0.2, 0) is 4.79 Å². The number of piperazine rings is 1. The minimum Gasteiger partial charge on any atom is -0.310 e. The van der Waals surface area contributed by atoms with E-state index in [1.807, 2.05) is 36.1 Å². The van der Waals surface area contributed by atoms with Gasteiger partial charge in [-0.05, 0) is 19.1 Å². The molecule has 0 bridgehead atoms. The van der Waals surface area contributed by atoms with Gasteiger partial charge < -0.3 is 10.2 Å². The van der Waals surface area contributed by atoms with Crippen LogP contribution >= 0.6 is 0 Å². The van der Waals surface area contributed by atoms with E-state index in [4.69, 9.17) is 0 Å². The highest BCUT2D eigenvalue weighted by Crippen LogP contribution is 2.15. The maximum Gasteiger partial charge on any atom is 0.240 e. The SMILES string of the molecule is Cc1ccc(N2CCNCC2=O)cc1. The van der Waals surface area contributed by atoms with Gasteiger partial charge in [0.1, 0.15) is 0 Å². The van der Waals surface area contributed by atoms with E-state index >= 15 is 0 Å². The molecule has 0 spiro atoms. The van der Waals surface area contributed by atoms with E-state index in [-0.39, 0.29) is 5.91 Å². The fourth-order valence-corrected chi connectivity index (χ4v) is 1.60. The average Bonchev–Trinajstić information content (AvgIpc) is 2.20. The normalized spacial score (nSPS) is 17.2. The van der Waals surface area contributed by atoms with Crippen LogP contribution < -0.4 is 10.2 Å². The third kappa shape index (κ3) is 1.77. The molecular formula is C11H14N2O. The van der Waals surface area contributed by atoms with E-state index in [9.17, 15) is 4.79 Å². The number of anilines is 1. The predicted octanol–water partition coefficient (Wildman–Crippen LogP) is 0.931. The summed E-state index contributed by atoms with van der Waals surface area (Å²) in [5, 5.41) is 3.05. The Morgan fingerprint density at radius 2 is 2.00 bits per heavy atom. The second-order valence-corrected chi connectivity index (χ2v) is 3.56. The molecule has 1 saturated heterocycles. The third-order valence-electron chi connectivity index (χ3n) is 2.44.